The van der Waals surface area contributed by atoms with E-state index < -0.39 is 24.5 Å². The average molecular weight is 507 g/mol. The number of para-hydroxylation sites is 2. The Bertz CT molecular complexity index is 1220. The van der Waals surface area contributed by atoms with Crippen molar-refractivity contribution in [3.63, 3.8) is 0 Å². The van der Waals surface area contributed by atoms with Crippen LogP contribution in [0.4, 0.5) is 21.9 Å². The number of carbonyl (C=O) groups excluding carboxylic acids is 3. The lowest BCUT2D eigenvalue weighted by molar-refractivity contribution is -0.134. The molecule has 3 rings (SSSR count). The zero-order chi connectivity index (χ0) is 26.1. The van der Waals surface area contributed by atoms with Gasteiger partial charge in [0.2, 0.25) is 11.8 Å². The normalized spacial score (nSPS) is 10.4. The minimum absolute atomic E-state index is 0.155. The van der Waals surface area contributed by atoms with Crippen LogP contribution < -0.4 is 20.4 Å². The predicted molar refractivity (Wildman–Crippen MR) is 140 cm³/mol. The van der Waals surface area contributed by atoms with Crippen molar-refractivity contribution in [1.82, 2.24) is 0 Å². The number of urea groups is 1. The lowest BCUT2D eigenvalue weighted by Gasteiger charge is -2.28. The molecule has 0 heterocycles. The van der Waals surface area contributed by atoms with Crippen molar-refractivity contribution >= 4 is 52.6 Å². The molecule has 0 aromatic heterocycles. The molecule has 0 unspecified atom stereocenters. The van der Waals surface area contributed by atoms with Gasteiger partial charge in [0.05, 0.1) is 5.75 Å². The Kier molecular flexibility index (Phi) is 9.07. The zero-order valence-corrected chi connectivity index (χ0v) is 20.4. The summed E-state index contributed by atoms with van der Waals surface area (Å²) in [5, 5.41) is 8.93. The largest absolute Gasteiger partial charge is 0.481 e. The number of primary amides is 1. The molecule has 0 aliphatic rings. The van der Waals surface area contributed by atoms with Crippen LogP contribution in [0.25, 0.3) is 0 Å². The molecule has 0 radical (unpaired) electrons. The van der Waals surface area contributed by atoms with Gasteiger partial charge in [0.25, 0.3) is 0 Å². The molecule has 9 nitrogen and oxygen atoms in total. The number of carbonyl (C=O) groups is 4. The van der Waals surface area contributed by atoms with E-state index in [0.29, 0.717) is 22.0 Å². The first-order valence-corrected chi connectivity index (χ1v) is 11.9. The third-order valence-electron chi connectivity index (χ3n) is 5.23. The molecule has 10 heteroatoms. The van der Waals surface area contributed by atoms with Gasteiger partial charge in [-0.3, -0.25) is 19.3 Å². The van der Waals surface area contributed by atoms with Crippen molar-refractivity contribution in [2.45, 2.75) is 4.90 Å². The van der Waals surface area contributed by atoms with E-state index >= 15 is 0 Å². The van der Waals surface area contributed by atoms with Crippen molar-refractivity contribution in [3.8, 4) is 0 Å². The lowest BCUT2D eigenvalue weighted by Crippen LogP contribution is -2.48. The number of amides is 4. The number of carboxylic acids is 1. The van der Waals surface area contributed by atoms with E-state index in [2.05, 4.69) is 0 Å². The number of hydrogen-bond donors (Lipinski definition) is 2. The van der Waals surface area contributed by atoms with Crippen LogP contribution in [0, 0.1) is 0 Å². The molecule has 0 fully saturated rings. The Hall–Kier alpha value is -4.31. The van der Waals surface area contributed by atoms with Gasteiger partial charge in [-0.15, -0.1) is 11.8 Å². The van der Waals surface area contributed by atoms with Gasteiger partial charge in [0, 0.05) is 29.0 Å². The second kappa shape index (κ2) is 12.4. The van der Waals surface area contributed by atoms with Crippen molar-refractivity contribution in [1.29, 1.82) is 0 Å². The molecular weight excluding hydrogens is 480 g/mol. The van der Waals surface area contributed by atoms with Gasteiger partial charge in [-0.2, -0.15) is 0 Å². The molecule has 3 aromatic rings. The number of nitrogens with two attached hydrogens (primary N) is 1. The standard InChI is InChI=1S/C26H26N4O5S/c1-28(19-9-4-2-5-10-19)23(31)16-29(20-11-6-3-7-12-20)24(32)17-30(26(27)35)21-13-8-14-22(15-21)36-18-25(33)34/h2-15H,16-18H2,1H3,(H2,27,35)(H,33,34). The van der Waals surface area contributed by atoms with E-state index in [1.54, 1.807) is 73.8 Å². The number of thioether (sulfide) groups is 1. The van der Waals surface area contributed by atoms with Crippen LogP contribution in [-0.2, 0) is 14.4 Å². The van der Waals surface area contributed by atoms with Crippen molar-refractivity contribution < 1.29 is 24.3 Å². The van der Waals surface area contributed by atoms with E-state index in [9.17, 15) is 19.2 Å². The Morgan fingerprint density at radius 1 is 0.750 bits per heavy atom. The summed E-state index contributed by atoms with van der Waals surface area (Å²) in [6.07, 6.45) is 0. The van der Waals surface area contributed by atoms with E-state index in [0.717, 1.165) is 16.7 Å². The van der Waals surface area contributed by atoms with Gasteiger partial charge in [-0.25, -0.2) is 4.79 Å². The maximum Gasteiger partial charge on any atom is 0.319 e. The highest BCUT2D eigenvalue weighted by molar-refractivity contribution is 8.00. The monoisotopic (exact) mass is 506 g/mol. The van der Waals surface area contributed by atoms with Gasteiger partial charge in [-0.1, -0.05) is 42.5 Å². The number of hydrogen-bond acceptors (Lipinski definition) is 5. The smallest absolute Gasteiger partial charge is 0.319 e. The van der Waals surface area contributed by atoms with Crippen molar-refractivity contribution in [2.24, 2.45) is 5.73 Å². The molecule has 0 aliphatic carbocycles. The van der Waals surface area contributed by atoms with E-state index in [1.807, 2.05) is 18.2 Å². The summed E-state index contributed by atoms with van der Waals surface area (Å²) >= 11 is 1.08. The summed E-state index contributed by atoms with van der Waals surface area (Å²) in [4.78, 5) is 54.2. The van der Waals surface area contributed by atoms with E-state index in [-0.39, 0.29) is 18.2 Å². The SMILES string of the molecule is CN(C(=O)CN(C(=O)CN(C(N)=O)c1cccc(SCC(=O)O)c1)c1ccccc1)c1ccccc1. The van der Waals surface area contributed by atoms with Crippen LogP contribution in [0.1, 0.15) is 0 Å². The van der Waals surface area contributed by atoms with Crippen LogP contribution in [-0.4, -0.2) is 54.8 Å². The molecule has 0 spiro atoms. The quantitative estimate of drug-likeness (QED) is 0.406. The Morgan fingerprint density at radius 2 is 1.31 bits per heavy atom. The number of aliphatic carboxylic acids is 1. The molecule has 0 aliphatic heterocycles. The Labute approximate surface area is 213 Å². The summed E-state index contributed by atoms with van der Waals surface area (Å²) in [6.45, 7) is -0.672. The summed E-state index contributed by atoms with van der Waals surface area (Å²) < 4.78 is 0. The summed E-state index contributed by atoms with van der Waals surface area (Å²) in [7, 11) is 1.63. The molecule has 0 atom stereocenters. The Balaban J connectivity index is 1.84. The Morgan fingerprint density at radius 3 is 1.89 bits per heavy atom. The number of carboxylic acid groups (broad SMARTS) is 1. The van der Waals surface area contributed by atoms with Crippen molar-refractivity contribution in [2.75, 3.05) is 40.6 Å². The molecule has 0 saturated heterocycles. The minimum atomic E-state index is -0.976. The topological polar surface area (TPSA) is 124 Å². The average Bonchev–Trinajstić information content (AvgIpc) is 2.89. The van der Waals surface area contributed by atoms with E-state index in [1.165, 1.54) is 9.80 Å². The summed E-state index contributed by atoms with van der Waals surface area (Å²) in [5.74, 6) is -1.97. The van der Waals surface area contributed by atoms with E-state index in [4.69, 9.17) is 10.8 Å². The third kappa shape index (κ3) is 7.09. The number of rotatable bonds is 10. The second-order valence-electron chi connectivity index (χ2n) is 7.71. The predicted octanol–water partition coefficient (Wildman–Crippen LogP) is 3.44. The lowest BCUT2D eigenvalue weighted by atomic mass is 10.2. The fraction of sp³-hybridized carbons (Fsp3) is 0.154. The van der Waals surface area contributed by atoms with Crippen LogP contribution in [0.2, 0.25) is 0 Å². The highest BCUT2D eigenvalue weighted by Gasteiger charge is 2.25. The first-order chi connectivity index (χ1) is 17.3. The number of nitrogens with zero attached hydrogens (tertiary/aromatic N) is 3. The maximum absolute atomic E-state index is 13.4. The fourth-order valence-corrected chi connectivity index (χ4v) is 4.04. The molecular formula is C26H26N4O5S. The van der Waals surface area contributed by atoms with Gasteiger partial charge >= 0.3 is 12.0 Å². The highest BCUT2D eigenvalue weighted by atomic mass is 32.2. The molecule has 186 valence electrons. The third-order valence-corrected chi connectivity index (χ3v) is 6.21. The molecule has 4 amide bonds. The summed E-state index contributed by atoms with van der Waals surface area (Å²) in [5.41, 5.74) is 7.10. The maximum atomic E-state index is 13.4. The second-order valence-corrected chi connectivity index (χ2v) is 8.76. The van der Waals surface area contributed by atoms with Gasteiger partial charge in [0.15, 0.2) is 0 Å². The van der Waals surface area contributed by atoms with Crippen LogP contribution in [0.3, 0.4) is 0 Å². The first-order valence-electron chi connectivity index (χ1n) is 10.9. The minimum Gasteiger partial charge on any atom is -0.481 e. The molecule has 0 bridgehead atoms. The van der Waals surface area contributed by atoms with Crippen molar-refractivity contribution in [3.05, 3.63) is 84.9 Å². The fourth-order valence-electron chi connectivity index (χ4n) is 3.37. The van der Waals surface area contributed by atoms with Crippen LogP contribution >= 0.6 is 11.8 Å². The molecule has 3 aromatic carbocycles. The molecule has 0 saturated carbocycles. The molecule has 3 N–H and O–H groups in total. The number of anilines is 3. The zero-order valence-electron chi connectivity index (χ0n) is 19.6. The highest BCUT2D eigenvalue weighted by Crippen LogP contribution is 2.25. The van der Waals surface area contributed by atoms with Gasteiger partial charge in [-0.05, 0) is 42.5 Å². The van der Waals surface area contributed by atoms with Gasteiger partial charge < -0.3 is 20.6 Å². The number of likely N-dealkylation sites (N-methyl/N-ethyl adjacent to an activating group) is 1. The van der Waals surface area contributed by atoms with Crippen LogP contribution in [0.15, 0.2) is 89.8 Å². The first kappa shape index (κ1) is 26.3. The summed E-state index contributed by atoms with van der Waals surface area (Å²) in [6, 6.07) is 23.4. The molecule has 36 heavy (non-hydrogen) atoms. The van der Waals surface area contributed by atoms with Gasteiger partial charge in [0.1, 0.15) is 13.1 Å². The van der Waals surface area contributed by atoms with Crippen LogP contribution in [0.5, 0.6) is 0 Å². The number of benzene rings is 3.